The zero-order valence-electron chi connectivity index (χ0n) is 8.64. The Bertz CT molecular complexity index is 467. The van der Waals surface area contributed by atoms with Crippen LogP contribution >= 0.6 is 11.6 Å². The van der Waals surface area contributed by atoms with Crippen molar-refractivity contribution in [3.05, 3.63) is 34.9 Å². The molecule has 2 unspecified atom stereocenters. The predicted octanol–water partition coefficient (Wildman–Crippen LogP) is 1.55. The fourth-order valence-electron chi connectivity index (χ4n) is 1.49. The van der Waals surface area contributed by atoms with Crippen molar-refractivity contribution in [3.63, 3.8) is 0 Å². The van der Waals surface area contributed by atoms with Gasteiger partial charge in [0, 0.05) is 10.6 Å². The summed E-state index contributed by atoms with van der Waals surface area (Å²) < 4.78 is 5.51. The van der Waals surface area contributed by atoms with E-state index in [-0.39, 0.29) is 6.23 Å². The van der Waals surface area contributed by atoms with Crippen LogP contribution in [0.3, 0.4) is 0 Å². The van der Waals surface area contributed by atoms with E-state index in [0.29, 0.717) is 10.9 Å². The summed E-state index contributed by atoms with van der Waals surface area (Å²) in [5.41, 5.74) is 0.783. The van der Waals surface area contributed by atoms with Crippen LogP contribution in [-0.4, -0.2) is 25.2 Å². The Morgan fingerprint density at radius 2 is 2.38 bits per heavy atom. The zero-order valence-corrected chi connectivity index (χ0v) is 9.40. The molecule has 0 saturated carbocycles. The third-order valence-electron chi connectivity index (χ3n) is 2.27. The minimum absolute atomic E-state index is 0.390. The Labute approximate surface area is 98.5 Å². The highest BCUT2D eigenvalue weighted by Gasteiger charge is 2.30. The second-order valence-electron chi connectivity index (χ2n) is 3.35. The first-order valence-corrected chi connectivity index (χ1v) is 5.19. The lowest BCUT2D eigenvalue weighted by Gasteiger charge is -2.11. The number of hydrogen-bond donors (Lipinski definition) is 1. The Kier molecular flexibility index (Phi) is 3.09. The van der Waals surface area contributed by atoms with Crippen LogP contribution in [0.15, 0.2) is 29.3 Å². The van der Waals surface area contributed by atoms with Crippen molar-refractivity contribution in [2.75, 3.05) is 7.05 Å². The molecule has 0 spiro atoms. The van der Waals surface area contributed by atoms with Gasteiger partial charge in [0.2, 0.25) is 5.90 Å². The lowest BCUT2D eigenvalue weighted by Crippen LogP contribution is -2.34. The number of nitrogens with zero attached hydrogens (tertiary/aromatic N) is 2. The van der Waals surface area contributed by atoms with Gasteiger partial charge in [0.05, 0.1) is 6.07 Å². The molecule has 0 aromatic heterocycles. The van der Waals surface area contributed by atoms with E-state index in [0.717, 1.165) is 5.56 Å². The number of likely N-dealkylation sites (N-methyl/N-ethyl adjacent to an activating group) is 1. The molecule has 1 aliphatic heterocycles. The summed E-state index contributed by atoms with van der Waals surface area (Å²) in [6.07, 6.45) is -0.390. The zero-order chi connectivity index (χ0) is 11.5. The molecule has 5 heteroatoms. The van der Waals surface area contributed by atoms with Crippen LogP contribution in [0.1, 0.15) is 5.56 Å². The molecule has 1 heterocycles. The first-order valence-electron chi connectivity index (χ1n) is 4.82. The standard InChI is InChI=1S/C11H10ClN3O/c1-14-11-9(6-13)15-10(16-11)7-3-2-4-8(12)5-7/h2-5,9,11,14H,1H3. The van der Waals surface area contributed by atoms with Crippen LogP contribution in [0.4, 0.5) is 0 Å². The molecule has 0 saturated heterocycles. The van der Waals surface area contributed by atoms with Gasteiger partial charge in [0.1, 0.15) is 0 Å². The number of nitriles is 1. The summed E-state index contributed by atoms with van der Waals surface area (Å²) >= 11 is 5.87. The van der Waals surface area contributed by atoms with Crippen molar-refractivity contribution in [2.45, 2.75) is 12.3 Å². The molecular weight excluding hydrogens is 226 g/mol. The Morgan fingerprint density at radius 1 is 1.56 bits per heavy atom. The molecule has 1 N–H and O–H groups in total. The van der Waals surface area contributed by atoms with Crippen LogP contribution < -0.4 is 5.32 Å². The van der Waals surface area contributed by atoms with Gasteiger partial charge in [0.15, 0.2) is 12.3 Å². The van der Waals surface area contributed by atoms with E-state index < -0.39 is 6.04 Å². The van der Waals surface area contributed by atoms with Gasteiger partial charge in [-0.3, -0.25) is 5.32 Å². The second kappa shape index (κ2) is 4.52. The van der Waals surface area contributed by atoms with E-state index in [1.54, 1.807) is 19.2 Å². The van der Waals surface area contributed by atoms with E-state index in [2.05, 4.69) is 16.4 Å². The van der Waals surface area contributed by atoms with Crippen molar-refractivity contribution in [3.8, 4) is 6.07 Å². The number of hydrogen-bond acceptors (Lipinski definition) is 4. The average molecular weight is 236 g/mol. The van der Waals surface area contributed by atoms with Gasteiger partial charge < -0.3 is 4.74 Å². The molecule has 16 heavy (non-hydrogen) atoms. The first-order chi connectivity index (χ1) is 7.74. The lowest BCUT2D eigenvalue weighted by atomic mass is 10.2. The van der Waals surface area contributed by atoms with E-state index >= 15 is 0 Å². The second-order valence-corrected chi connectivity index (χ2v) is 3.78. The maximum Gasteiger partial charge on any atom is 0.219 e. The third kappa shape index (κ3) is 2.01. The van der Waals surface area contributed by atoms with Gasteiger partial charge in [-0.15, -0.1) is 0 Å². The number of nitrogens with one attached hydrogen (secondary N) is 1. The SMILES string of the molecule is CNC1OC(c2cccc(Cl)c2)=NC1C#N. The highest BCUT2D eigenvalue weighted by molar-refractivity contribution is 6.30. The maximum atomic E-state index is 8.88. The minimum Gasteiger partial charge on any atom is -0.455 e. The van der Waals surface area contributed by atoms with Crippen LogP contribution in [0.5, 0.6) is 0 Å². The van der Waals surface area contributed by atoms with Gasteiger partial charge in [-0.2, -0.15) is 5.26 Å². The van der Waals surface area contributed by atoms with Crippen LogP contribution in [0.25, 0.3) is 0 Å². The van der Waals surface area contributed by atoms with Crippen LogP contribution in [0.2, 0.25) is 5.02 Å². The minimum atomic E-state index is -0.515. The third-order valence-corrected chi connectivity index (χ3v) is 2.51. The summed E-state index contributed by atoms with van der Waals surface area (Å²) in [7, 11) is 1.73. The van der Waals surface area contributed by atoms with E-state index in [9.17, 15) is 0 Å². The summed E-state index contributed by atoms with van der Waals surface area (Å²) in [5.74, 6) is 0.452. The topological polar surface area (TPSA) is 57.4 Å². The molecule has 0 fully saturated rings. The highest BCUT2D eigenvalue weighted by Crippen LogP contribution is 2.18. The first kappa shape index (κ1) is 10.9. The van der Waals surface area contributed by atoms with E-state index in [4.69, 9.17) is 21.6 Å². The van der Waals surface area contributed by atoms with Crippen molar-refractivity contribution in [1.29, 1.82) is 5.26 Å². The quantitative estimate of drug-likeness (QED) is 0.846. The summed E-state index contributed by atoms with van der Waals surface area (Å²) in [6.45, 7) is 0. The molecule has 82 valence electrons. The van der Waals surface area contributed by atoms with Crippen molar-refractivity contribution in [1.82, 2.24) is 5.32 Å². The monoisotopic (exact) mass is 235 g/mol. The van der Waals surface area contributed by atoms with Crippen molar-refractivity contribution in [2.24, 2.45) is 4.99 Å². The fraction of sp³-hybridized carbons (Fsp3) is 0.273. The van der Waals surface area contributed by atoms with E-state index in [1.165, 1.54) is 0 Å². The molecule has 1 aromatic rings. The van der Waals surface area contributed by atoms with Gasteiger partial charge >= 0.3 is 0 Å². The molecule has 1 aromatic carbocycles. The average Bonchev–Trinajstić information content (AvgIpc) is 2.72. The molecule has 4 nitrogen and oxygen atoms in total. The summed E-state index contributed by atoms with van der Waals surface area (Å²) in [4.78, 5) is 4.18. The van der Waals surface area contributed by atoms with Gasteiger partial charge in [-0.25, -0.2) is 4.99 Å². The molecule has 0 aliphatic carbocycles. The smallest absolute Gasteiger partial charge is 0.219 e. The number of halogens is 1. The molecule has 1 aliphatic rings. The number of aliphatic imine (C=N–C) groups is 1. The normalized spacial score (nSPS) is 23.4. The molecular formula is C11H10ClN3O. The largest absolute Gasteiger partial charge is 0.455 e. The van der Waals surface area contributed by atoms with Gasteiger partial charge in [-0.1, -0.05) is 17.7 Å². The van der Waals surface area contributed by atoms with Crippen LogP contribution in [-0.2, 0) is 4.74 Å². The molecule has 0 amide bonds. The van der Waals surface area contributed by atoms with Gasteiger partial charge in [0.25, 0.3) is 0 Å². The molecule has 2 atom stereocenters. The Morgan fingerprint density at radius 3 is 2.94 bits per heavy atom. The lowest BCUT2D eigenvalue weighted by molar-refractivity contribution is 0.179. The predicted molar refractivity (Wildman–Crippen MR) is 61.3 cm³/mol. The summed E-state index contributed by atoms with van der Waals surface area (Å²) in [6, 6.07) is 8.75. The van der Waals surface area contributed by atoms with Gasteiger partial charge in [-0.05, 0) is 25.2 Å². The molecule has 0 radical (unpaired) electrons. The summed E-state index contributed by atoms with van der Waals surface area (Å²) in [5, 5.41) is 12.4. The number of benzene rings is 1. The van der Waals surface area contributed by atoms with E-state index in [1.807, 2.05) is 12.1 Å². The fourth-order valence-corrected chi connectivity index (χ4v) is 1.68. The number of ether oxygens (including phenoxy) is 1. The van der Waals surface area contributed by atoms with Crippen LogP contribution in [0, 0.1) is 11.3 Å². The molecule has 2 rings (SSSR count). The van der Waals surface area contributed by atoms with Crippen molar-refractivity contribution < 1.29 is 4.74 Å². The van der Waals surface area contributed by atoms with Crippen molar-refractivity contribution >= 4 is 17.5 Å². The molecule has 0 bridgehead atoms. The highest BCUT2D eigenvalue weighted by atomic mass is 35.5. The number of rotatable bonds is 2. The maximum absolute atomic E-state index is 8.88. The Balaban J connectivity index is 2.28. The Hall–Kier alpha value is -1.57.